The van der Waals surface area contributed by atoms with Crippen LogP contribution in [-0.2, 0) is 23.2 Å². The average Bonchev–Trinajstić information content (AvgIpc) is 2.80. The molecule has 9 heteroatoms. The van der Waals surface area contributed by atoms with Crippen LogP contribution in [0.2, 0.25) is 0 Å². The Morgan fingerprint density at radius 2 is 2.19 bits per heavy atom. The molecular weight excluding hydrogens is 389 g/mol. The molecule has 8 nitrogen and oxygen atoms in total. The third-order valence-electron chi connectivity index (χ3n) is 2.74. The van der Waals surface area contributed by atoms with Crippen LogP contribution in [0, 0.1) is 3.57 Å². The van der Waals surface area contributed by atoms with Crippen molar-refractivity contribution in [3.63, 3.8) is 0 Å². The van der Waals surface area contributed by atoms with Crippen LogP contribution in [0.3, 0.4) is 0 Å². The van der Waals surface area contributed by atoms with Crippen molar-refractivity contribution < 1.29 is 9.57 Å². The van der Waals surface area contributed by atoms with E-state index in [1.54, 1.807) is 20.0 Å². The normalized spacial score (nSPS) is 11.5. The first-order valence-electron chi connectivity index (χ1n) is 6.02. The fourth-order valence-corrected chi connectivity index (χ4v) is 2.22. The summed E-state index contributed by atoms with van der Waals surface area (Å²) in [6.45, 7) is 1.88. The second-order valence-electron chi connectivity index (χ2n) is 4.12. The number of rotatable bonds is 4. The third-order valence-corrected chi connectivity index (χ3v) is 3.75. The standard InChI is InChI=1S/C12H14IN5O3/c1-8(20-3)14-21-7-9-10(13)5-4-6-11(9)18-12(19)17(2)15-16-18/h4-6H,7H2,1-3H3. The van der Waals surface area contributed by atoms with Gasteiger partial charge in [0.1, 0.15) is 6.61 Å². The van der Waals surface area contributed by atoms with E-state index in [0.29, 0.717) is 11.6 Å². The largest absolute Gasteiger partial charge is 0.482 e. The Morgan fingerprint density at radius 1 is 1.43 bits per heavy atom. The maximum absolute atomic E-state index is 12.0. The Balaban J connectivity index is 2.37. The van der Waals surface area contributed by atoms with E-state index in [-0.39, 0.29) is 12.3 Å². The molecule has 0 aliphatic heterocycles. The fourth-order valence-electron chi connectivity index (χ4n) is 1.58. The van der Waals surface area contributed by atoms with Gasteiger partial charge in [0.2, 0.25) is 5.90 Å². The lowest BCUT2D eigenvalue weighted by Crippen LogP contribution is -2.23. The number of nitrogens with zero attached hydrogens (tertiary/aromatic N) is 5. The number of tetrazole rings is 1. The van der Waals surface area contributed by atoms with Crippen molar-refractivity contribution in [1.29, 1.82) is 0 Å². The minimum Gasteiger partial charge on any atom is -0.482 e. The fraction of sp³-hybridized carbons (Fsp3) is 0.333. The van der Waals surface area contributed by atoms with E-state index >= 15 is 0 Å². The van der Waals surface area contributed by atoms with E-state index in [9.17, 15) is 4.79 Å². The number of hydrogen-bond acceptors (Lipinski definition) is 6. The highest BCUT2D eigenvalue weighted by Crippen LogP contribution is 2.20. The molecule has 1 aromatic heterocycles. The molecular formula is C12H14IN5O3. The van der Waals surface area contributed by atoms with Crippen molar-refractivity contribution in [3.8, 4) is 5.69 Å². The molecule has 0 saturated heterocycles. The second kappa shape index (κ2) is 6.70. The molecule has 0 spiro atoms. The Hall–Kier alpha value is -1.91. The number of aryl methyl sites for hydroxylation is 1. The number of halogens is 1. The first-order valence-corrected chi connectivity index (χ1v) is 7.09. The first kappa shape index (κ1) is 15.5. The summed E-state index contributed by atoms with van der Waals surface area (Å²) in [7, 11) is 3.06. The SMILES string of the molecule is COC(C)=NOCc1c(I)cccc1-n1nnn(C)c1=O. The van der Waals surface area contributed by atoms with E-state index in [2.05, 4.69) is 38.2 Å². The predicted octanol–water partition coefficient (Wildman–Crippen LogP) is 1.07. The highest BCUT2D eigenvalue weighted by atomic mass is 127. The van der Waals surface area contributed by atoms with E-state index in [4.69, 9.17) is 9.57 Å². The maximum atomic E-state index is 12.0. The Bertz CT molecular complexity index is 722. The van der Waals surface area contributed by atoms with Crippen molar-refractivity contribution >= 4 is 28.5 Å². The molecule has 0 bridgehead atoms. The second-order valence-corrected chi connectivity index (χ2v) is 5.28. The third kappa shape index (κ3) is 3.40. The van der Waals surface area contributed by atoms with Crippen molar-refractivity contribution in [2.45, 2.75) is 13.5 Å². The van der Waals surface area contributed by atoms with Crippen molar-refractivity contribution in [2.24, 2.45) is 12.2 Å². The molecule has 0 atom stereocenters. The summed E-state index contributed by atoms with van der Waals surface area (Å²) in [5.41, 5.74) is 1.09. The zero-order chi connectivity index (χ0) is 15.4. The summed E-state index contributed by atoms with van der Waals surface area (Å²) in [6.07, 6.45) is 0. The van der Waals surface area contributed by atoms with E-state index in [1.165, 1.54) is 11.8 Å². The van der Waals surface area contributed by atoms with Gasteiger partial charge in [-0.3, -0.25) is 0 Å². The quantitative estimate of drug-likeness (QED) is 0.330. The molecule has 0 N–H and O–H groups in total. The summed E-state index contributed by atoms with van der Waals surface area (Å²) in [5, 5.41) is 11.4. The molecule has 0 unspecified atom stereocenters. The molecule has 2 rings (SSSR count). The van der Waals surface area contributed by atoms with Gasteiger partial charge in [-0.2, -0.15) is 9.36 Å². The zero-order valence-corrected chi connectivity index (χ0v) is 13.9. The van der Waals surface area contributed by atoms with E-state index in [0.717, 1.165) is 13.8 Å². The summed E-state index contributed by atoms with van der Waals surface area (Å²) in [5.74, 6) is 0.416. The average molecular weight is 403 g/mol. The van der Waals surface area contributed by atoms with Crippen LogP contribution in [0.5, 0.6) is 0 Å². The molecule has 1 aromatic carbocycles. The van der Waals surface area contributed by atoms with Crippen LogP contribution in [0.1, 0.15) is 12.5 Å². The van der Waals surface area contributed by atoms with Crippen LogP contribution in [0.4, 0.5) is 0 Å². The molecule has 0 saturated carbocycles. The van der Waals surface area contributed by atoms with E-state index < -0.39 is 0 Å². The van der Waals surface area contributed by atoms with Gasteiger partial charge in [0, 0.05) is 23.1 Å². The lowest BCUT2D eigenvalue weighted by Gasteiger charge is -2.09. The summed E-state index contributed by atoms with van der Waals surface area (Å²) in [4.78, 5) is 17.2. The monoisotopic (exact) mass is 403 g/mol. The predicted molar refractivity (Wildman–Crippen MR) is 84.2 cm³/mol. The van der Waals surface area contributed by atoms with Gasteiger partial charge in [0.25, 0.3) is 0 Å². The Kier molecular flexibility index (Phi) is 4.94. The smallest absolute Gasteiger partial charge is 0.368 e. The minimum absolute atomic E-state index is 0.193. The lowest BCUT2D eigenvalue weighted by molar-refractivity contribution is 0.121. The number of hydrogen-bond donors (Lipinski definition) is 0. The number of methoxy groups -OCH3 is 1. The van der Waals surface area contributed by atoms with Crippen LogP contribution < -0.4 is 5.69 Å². The Morgan fingerprint density at radius 3 is 2.81 bits per heavy atom. The van der Waals surface area contributed by atoms with Gasteiger partial charge in [0.15, 0.2) is 0 Å². The van der Waals surface area contributed by atoms with Gasteiger partial charge in [-0.25, -0.2) is 4.79 Å². The molecule has 21 heavy (non-hydrogen) atoms. The molecule has 0 aliphatic rings. The molecule has 0 amide bonds. The number of ether oxygens (including phenoxy) is 1. The van der Waals surface area contributed by atoms with Crippen molar-refractivity contribution in [1.82, 2.24) is 19.8 Å². The van der Waals surface area contributed by atoms with Crippen LogP contribution >= 0.6 is 22.6 Å². The molecule has 1 heterocycles. The molecule has 112 valence electrons. The number of oxime groups is 1. The molecule has 2 aromatic rings. The summed E-state index contributed by atoms with van der Waals surface area (Å²) >= 11 is 2.17. The summed E-state index contributed by atoms with van der Waals surface area (Å²) < 4.78 is 8.23. The van der Waals surface area contributed by atoms with Gasteiger partial charge >= 0.3 is 5.69 Å². The lowest BCUT2D eigenvalue weighted by atomic mass is 10.2. The van der Waals surface area contributed by atoms with Gasteiger partial charge in [-0.1, -0.05) is 11.2 Å². The van der Waals surface area contributed by atoms with Crippen molar-refractivity contribution in [3.05, 3.63) is 37.8 Å². The molecule has 0 radical (unpaired) electrons. The van der Waals surface area contributed by atoms with Gasteiger partial charge < -0.3 is 9.57 Å². The topological polar surface area (TPSA) is 83.5 Å². The number of benzene rings is 1. The first-order chi connectivity index (χ1) is 10.0. The minimum atomic E-state index is -0.324. The summed E-state index contributed by atoms with van der Waals surface area (Å²) in [6, 6.07) is 5.53. The number of aromatic nitrogens is 4. The van der Waals surface area contributed by atoms with Crippen molar-refractivity contribution in [2.75, 3.05) is 7.11 Å². The van der Waals surface area contributed by atoms with Gasteiger partial charge in [-0.05, 0) is 45.2 Å². The maximum Gasteiger partial charge on any atom is 0.368 e. The van der Waals surface area contributed by atoms with Crippen LogP contribution in [0.15, 0.2) is 28.1 Å². The van der Waals surface area contributed by atoms with E-state index in [1.807, 2.05) is 12.1 Å². The Labute approximate surface area is 134 Å². The van der Waals surface area contributed by atoms with Crippen LogP contribution in [-0.4, -0.2) is 32.8 Å². The molecule has 0 aliphatic carbocycles. The highest BCUT2D eigenvalue weighted by Gasteiger charge is 2.14. The van der Waals surface area contributed by atoms with Gasteiger partial charge in [0.05, 0.1) is 12.8 Å². The van der Waals surface area contributed by atoms with Gasteiger partial charge in [-0.15, -0.1) is 0 Å². The zero-order valence-electron chi connectivity index (χ0n) is 11.8. The van der Waals surface area contributed by atoms with Crippen LogP contribution in [0.25, 0.3) is 5.69 Å². The highest BCUT2D eigenvalue weighted by molar-refractivity contribution is 14.1. The molecule has 0 fully saturated rings.